The summed E-state index contributed by atoms with van der Waals surface area (Å²) in [6.07, 6.45) is 5.53. The van der Waals surface area contributed by atoms with Gasteiger partial charge in [0.25, 0.3) is 0 Å². The van der Waals surface area contributed by atoms with Gasteiger partial charge in [-0.2, -0.15) is 23.5 Å². The first-order valence-electron chi connectivity index (χ1n) is 7.77. The molecule has 1 saturated carbocycles. The summed E-state index contributed by atoms with van der Waals surface area (Å²) in [5.74, 6) is 2.73. The summed E-state index contributed by atoms with van der Waals surface area (Å²) in [6, 6.07) is 0. The Morgan fingerprint density at radius 2 is 1.90 bits per heavy atom. The van der Waals surface area contributed by atoms with Crippen molar-refractivity contribution in [3.63, 3.8) is 0 Å². The van der Waals surface area contributed by atoms with Crippen molar-refractivity contribution >= 4 is 35.4 Å². The van der Waals surface area contributed by atoms with E-state index in [1.807, 2.05) is 23.5 Å². The van der Waals surface area contributed by atoms with Crippen LogP contribution < -0.4 is 5.32 Å². The molecule has 1 aliphatic heterocycles. The number of nitrogens with one attached hydrogen (secondary N) is 1. The van der Waals surface area contributed by atoms with Crippen LogP contribution >= 0.6 is 23.5 Å². The molecule has 1 unspecified atom stereocenters. The zero-order valence-electron chi connectivity index (χ0n) is 12.4. The molecule has 0 aromatic carbocycles. The number of carboxylic acid groups (broad SMARTS) is 1. The second-order valence-corrected chi connectivity index (χ2v) is 8.74. The van der Waals surface area contributed by atoms with Crippen LogP contribution in [0.25, 0.3) is 0 Å². The first-order chi connectivity index (χ1) is 10.1. The maximum atomic E-state index is 12.2. The highest BCUT2D eigenvalue weighted by molar-refractivity contribution is 8.06. The third-order valence-corrected chi connectivity index (χ3v) is 7.23. The highest BCUT2D eigenvalue weighted by Gasteiger charge is 2.36. The number of hydrogen-bond donors (Lipinski definition) is 2. The van der Waals surface area contributed by atoms with Crippen molar-refractivity contribution < 1.29 is 14.7 Å². The predicted molar refractivity (Wildman–Crippen MR) is 89.0 cm³/mol. The number of amides is 1. The van der Waals surface area contributed by atoms with Gasteiger partial charge in [0.05, 0.1) is 6.42 Å². The molecule has 0 spiro atoms. The molecule has 120 valence electrons. The Bertz CT molecular complexity index is 364. The SMILES string of the molecule is O=C(O)CC1(CC(=O)NCC2CSCCS2)CCCCC1. The number of carbonyl (C=O) groups excluding carboxylic acids is 1. The maximum absolute atomic E-state index is 12.2. The van der Waals surface area contributed by atoms with Gasteiger partial charge in [0, 0.05) is 35.5 Å². The lowest BCUT2D eigenvalue weighted by atomic mass is 9.69. The Balaban J connectivity index is 1.81. The predicted octanol–water partition coefficient (Wildman–Crippen LogP) is 2.77. The van der Waals surface area contributed by atoms with E-state index in [2.05, 4.69) is 5.32 Å². The number of carbonyl (C=O) groups is 2. The smallest absolute Gasteiger partial charge is 0.303 e. The monoisotopic (exact) mass is 331 g/mol. The average molecular weight is 332 g/mol. The topological polar surface area (TPSA) is 66.4 Å². The van der Waals surface area contributed by atoms with Crippen LogP contribution in [0.2, 0.25) is 0 Å². The van der Waals surface area contributed by atoms with Crippen molar-refractivity contribution in [2.75, 3.05) is 23.8 Å². The quantitative estimate of drug-likeness (QED) is 0.783. The van der Waals surface area contributed by atoms with Gasteiger partial charge >= 0.3 is 5.97 Å². The van der Waals surface area contributed by atoms with Crippen LogP contribution in [-0.4, -0.2) is 46.0 Å². The summed E-state index contributed by atoms with van der Waals surface area (Å²) < 4.78 is 0. The van der Waals surface area contributed by atoms with Gasteiger partial charge in [0.2, 0.25) is 5.91 Å². The first-order valence-corrected chi connectivity index (χ1v) is 9.98. The first kappa shape index (κ1) is 17.0. The molecule has 21 heavy (non-hydrogen) atoms. The van der Waals surface area contributed by atoms with Crippen molar-refractivity contribution in [3.05, 3.63) is 0 Å². The number of aliphatic carboxylic acids is 1. The van der Waals surface area contributed by atoms with Crippen molar-refractivity contribution in [3.8, 4) is 0 Å². The van der Waals surface area contributed by atoms with E-state index < -0.39 is 5.97 Å². The van der Waals surface area contributed by atoms with Gasteiger partial charge in [0.1, 0.15) is 0 Å². The second-order valence-electron chi connectivity index (χ2n) is 6.18. The zero-order chi connectivity index (χ0) is 15.1. The van der Waals surface area contributed by atoms with Gasteiger partial charge in [-0.15, -0.1) is 0 Å². The minimum Gasteiger partial charge on any atom is -0.481 e. The lowest BCUT2D eigenvalue weighted by Crippen LogP contribution is -2.38. The fourth-order valence-corrected chi connectivity index (χ4v) is 5.94. The van der Waals surface area contributed by atoms with Gasteiger partial charge in [-0.3, -0.25) is 9.59 Å². The second kappa shape index (κ2) is 8.32. The Hall–Kier alpha value is -0.360. The van der Waals surface area contributed by atoms with E-state index in [1.165, 1.54) is 12.2 Å². The zero-order valence-corrected chi connectivity index (χ0v) is 14.1. The van der Waals surface area contributed by atoms with E-state index in [4.69, 9.17) is 5.11 Å². The van der Waals surface area contributed by atoms with Crippen LogP contribution in [0.15, 0.2) is 0 Å². The molecular weight excluding hydrogens is 306 g/mol. The van der Waals surface area contributed by atoms with E-state index >= 15 is 0 Å². The van der Waals surface area contributed by atoms with Crippen LogP contribution in [0.4, 0.5) is 0 Å². The van der Waals surface area contributed by atoms with Crippen molar-refractivity contribution in [1.29, 1.82) is 0 Å². The fourth-order valence-electron chi connectivity index (χ4n) is 3.32. The molecule has 1 saturated heterocycles. The molecule has 1 heterocycles. The van der Waals surface area contributed by atoms with Gasteiger partial charge in [-0.25, -0.2) is 0 Å². The minimum absolute atomic E-state index is 0.0364. The summed E-state index contributed by atoms with van der Waals surface area (Å²) in [4.78, 5) is 23.3. The molecule has 1 atom stereocenters. The summed E-state index contributed by atoms with van der Waals surface area (Å²) in [5.41, 5.74) is -0.303. The van der Waals surface area contributed by atoms with Crippen LogP contribution in [-0.2, 0) is 9.59 Å². The van der Waals surface area contributed by atoms with Crippen LogP contribution in [0.3, 0.4) is 0 Å². The van der Waals surface area contributed by atoms with Crippen molar-refractivity contribution in [2.24, 2.45) is 5.41 Å². The Kier molecular flexibility index (Phi) is 6.74. The summed E-state index contributed by atoms with van der Waals surface area (Å²) in [7, 11) is 0. The highest BCUT2D eigenvalue weighted by atomic mass is 32.2. The number of carboxylic acids is 1. The third-order valence-electron chi connectivity index (χ3n) is 4.39. The molecule has 6 heteroatoms. The van der Waals surface area contributed by atoms with E-state index in [-0.39, 0.29) is 17.7 Å². The number of hydrogen-bond acceptors (Lipinski definition) is 4. The molecule has 0 aromatic rings. The van der Waals surface area contributed by atoms with Gasteiger partial charge < -0.3 is 10.4 Å². The van der Waals surface area contributed by atoms with Crippen LogP contribution in [0, 0.1) is 5.41 Å². The van der Waals surface area contributed by atoms with E-state index in [1.54, 1.807) is 0 Å². The van der Waals surface area contributed by atoms with Crippen molar-refractivity contribution in [1.82, 2.24) is 5.32 Å². The third kappa shape index (κ3) is 5.74. The molecule has 2 fully saturated rings. The Morgan fingerprint density at radius 1 is 1.14 bits per heavy atom. The normalized spacial score (nSPS) is 25.2. The minimum atomic E-state index is -0.774. The molecule has 2 N–H and O–H groups in total. The Labute approximate surface area is 135 Å². The number of rotatable bonds is 6. The summed E-state index contributed by atoms with van der Waals surface area (Å²) in [5, 5.41) is 12.7. The molecule has 1 amide bonds. The van der Waals surface area contributed by atoms with E-state index in [9.17, 15) is 9.59 Å². The molecule has 0 aromatic heterocycles. The standard InChI is InChI=1S/C15H25NO3S2/c17-13(16-10-12-11-20-6-7-21-12)8-15(9-14(18)19)4-2-1-3-5-15/h12H,1-11H2,(H,16,17)(H,18,19). The van der Waals surface area contributed by atoms with E-state index in [0.717, 1.165) is 43.7 Å². The molecule has 0 bridgehead atoms. The maximum Gasteiger partial charge on any atom is 0.303 e. The summed E-state index contributed by atoms with van der Waals surface area (Å²) >= 11 is 3.88. The molecule has 2 rings (SSSR count). The summed E-state index contributed by atoms with van der Waals surface area (Å²) in [6.45, 7) is 0.722. The fraction of sp³-hybridized carbons (Fsp3) is 0.867. The molecule has 0 radical (unpaired) electrons. The van der Waals surface area contributed by atoms with Gasteiger partial charge in [-0.1, -0.05) is 19.3 Å². The van der Waals surface area contributed by atoms with Gasteiger partial charge in [-0.05, 0) is 18.3 Å². The van der Waals surface area contributed by atoms with E-state index in [0.29, 0.717) is 11.7 Å². The molecular formula is C15H25NO3S2. The van der Waals surface area contributed by atoms with Crippen LogP contribution in [0.5, 0.6) is 0 Å². The Morgan fingerprint density at radius 3 is 2.52 bits per heavy atom. The van der Waals surface area contributed by atoms with Crippen molar-refractivity contribution in [2.45, 2.75) is 50.2 Å². The highest BCUT2D eigenvalue weighted by Crippen LogP contribution is 2.42. The lowest BCUT2D eigenvalue weighted by molar-refractivity contribution is -0.141. The lowest BCUT2D eigenvalue weighted by Gasteiger charge is -2.35. The number of thioether (sulfide) groups is 2. The molecule has 2 aliphatic rings. The molecule has 4 nitrogen and oxygen atoms in total. The van der Waals surface area contributed by atoms with Crippen LogP contribution in [0.1, 0.15) is 44.9 Å². The average Bonchev–Trinajstić information content (AvgIpc) is 2.46. The largest absolute Gasteiger partial charge is 0.481 e. The van der Waals surface area contributed by atoms with Gasteiger partial charge in [0.15, 0.2) is 0 Å². The molecule has 1 aliphatic carbocycles.